The summed E-state index contributed by atoms with van der Waals surface area (Å²) >= 11 is 7.14. The fourth-order valence-corrected chi connectivity index (χ4v) is 5.73. The molecule has 0 bridgehead atoms. The molecule has 118 valence electrons. The smallest absolute Gasteiger partial charge is 0.147 e. The fraction of sp³-hybridized carbons (Fsp3) is 0.600. The Morgan fingerprint density at radius 1 is 1.23 bits per heavy atom. The average molecular weight is 400 g/mol. The molecule has 2 aliphatic rings. The lowest BCUT2D eigenvalue weighted by atomic mass is 9.95. The zero-order valence-electron chi connectivity index (χ0n) is 12.7. The summed E-state index contributed by atoms with van der Waals surface area (Å²) in [5, 5.41) is 1.23. The van der Waals surface area contributed by atoms with E-state index in [0.717, 1.165) is 53.7 Å². The zero-order chi connectivity index (χ0) is 15.3. The minimum Gasteiger partial charge on any atom is -0.378 e. The van der Waals surface area contributed by atoms with Gasteiger partial charge in [0.05, 0.1) is 13.2 Å². The Morgan fingerprint density at radius 2 is 2.00 bits per heavy atom. The van der Waals surface area contributed by atoms with Crippen LogP contribution in [0.15, 0.2) is 4.60 Å². The number of thioether (sulfide) groups is 1. The number of pyridine rings is 1. The first kappa shape index (κ1) is 15.2. The van der Waals surface area contributed by atoms with Crippen LogP contribution in [0.1, 0.15) is 25.0 Å². The standard InChI is InChI=1S/C15H18BrN3OS2/c1-15(2)7-9-10(8-21-15)13(19-3-5-20-6-4-19)17-14-11(9)12(16)18-22-14/h3-8H2,1-2H3. The summed E-state index contributed by atoms with van der Waals surface area (Å²) in [4.78, 5) is 8.40. The molecule has 2 aromatic rings. The maximum absolute atomic E-state index is 5.50. The number of morpholine rings is 1. The van der Waals surface area contributed by atoms with Crippen molar-refractivity contribution in [2.24, 2.45) is 0 Å². The summed E-state index contributed by atoms with van der Waals surface area (Å²) in [6, 6.07) is 0. The van der Waals surface area contributed by atoms with Crippen LogP contribution in [-0.4, -0.2) is 40.4 Å². The summed E-state index contributed by atoms with van der Waals surface area (Å²) in [7, 11) is 0. The lowest BCUT2D eigenvalue weighted by molar-refractivity contribution is 0.122. The Labute approximate surface area is 146 Å². The average Bonchev–Trinajstić information content (AvgIpc) is 2.88. The van der Waals surface area contributed by atoms with E-state index in [2.05, 4.69) is 39.1 Å². The summed E-state index contributed by atoms with van der Waals surface area (Å²) in [6.45, 7) is 8.10. The molecule has 4 heterocycles. The van der Waals surface area contributed by atoms with Gasteiger partial charge >= 0.3 is 0 Å². The Bertz CT molecular complexity index is 725. The van der Waals surface area contributed by atoms with Crippen LogP contribution < -0.4 is 4.90 Å². The first-order chi connectivity index (χ1) is 10.6. The van der Waals surface area contributed by atoms with Gasteiger partial charge in [-0.25, -0.2) is 4.98 Å². The Hall–Kier alpha value is -0.370. The highest BCUT2D eigenvalue weighted by atomic mass is 79.9. The number of ether oxygens (including phenoxy) is 1. The number of fused-ring (bicyclic) bond motifs is 3. The number of hydrogen-bond acceptors (Lipinski definition) is 6. The van der Waals surface area contributed by atoms with Gasteiger partial charge in [0.25, 0.3) is 0 Å². The minimum atomic E-state index is 0.269. The third kappa shape index (κ3) is 2.56. The monoisotopic (exact) mass is 399 g/mol. The van der Waals surface area contributed by atoms with Gasteiger partial charge in [-0.2, -0.15) is 16.1 Å². The van der Waals surface area contributed by atoms with Crippen LogP contribution in [0, 0.1) is 0 Å². The van der Waals surface area contributed by atoms with Crippen molar-refractivity contribution in [1.29, 1.82) is 0 Å². The van der Waals surface area contributed by atoms with Gasteiger partial charge < -0.3 is 9.64 Å². The molecule has 22 heavy (non-hydrogen) atoms. The molecule has 0 spiro atoms. The van der Waals surface area contributed by atoms with E-state index in [4.69, 9.17) is 9.72 Å². The van der Waals surface area contributed by atoms with E-state index in [1.807, 2.05) is 11.8 Å². The lowest BCUT2D eigenvalue weighted by Gasteiger charge is -2.35. The van der Waals surface area contributed by atoms with E-state index < -0.39 is 0 Å². The predicted octanol–water partition coefficient (Wildman–Crippen LogP) is 3.86. The van der Waals surface area contributed by atoms with Crippen LogP contribution >= 0.6 is 39.2 Å². The SMILES string of the molecule is CC1(C)Cc2c(c(N3CCOCC3)nc3snc(Br)c23)CS1. The Morgan fingerprint density at radius 3 is 2.77 bits per heavy atom. The van der Waals surface area contributed by atoms with Gasteiger partial charge in [-0.1, -0.05) is 13.8 Å². The lowest BCUT2D eigenvalue weighted by Crippen LogP contribution is -2.38. The van der Waals surface area contributed by atoms with Gasteiger partial charge in [0.1, 0.15) is 15.3 Å². The molecule has 7 heteroatoms. The van der Waals surface area contributed by atoms with Crippen molar-refractivity contribution in [2.45, 2.75) is 30.8 Å². The van der Waals surface area contributed by atoms with Crippen molar-refractivity contribution in [2.75, 3.05) is 31.2 Å². The summed E-state index contributed by atoms with van der Waals surface area (Å²) in [6.07, 6.45) is 1.07. The van der Waals surface area contributed by atoms with E-state index in [1.54, 1.807) is 0 Å². The second kappa shape index (κ2) is 5.61. The molecular weight excluding hydrogens is 382 g/mol. The first-order valence-electron chi connectivity index (χ1n) is 7.48. The maximum atomic E-state index is 5.50. The summed E-state index contributed by atoms with van der Waals surface area (Å²) in [5.41, 5.74) is 2.84. The van der Waals surface area contributed by atoms with Crippen LogP contribution in [0.2, 0.25) is 0 Å². The number of aromatic nitrogens is 2. The van der Waals surface area contributed by atoms with Crippen molar-refractivity contribution < 1.29 is 4.74 Å². The van der Waals surface area contributed by atoms with Crippen LogP contribution in [0.25, 0.3) is 10.2 Å². The molecular formula is C15H18BrN3OS2. The molecule has 1 fully saturated rings. The molecule has 4 rings (SSSR count). The van der Waals surface area contributed by atoms with E-state index in [9.17, 15) is 0 Å². The number of anilines is 1. The number of halogens is 1. The molecule has 0 saturated carbocycles. The molecule has 0 N–H and O–H groups in total. The van der Waals surface area contributed by atoms with Crippen LogP contribution in [-0.2, 0) is 16.9 Å². The Kier molecular flexibility index (Phi) is 3.87. The van der Waals surface area contributed by atoms with Crippen molar-refractivity contribution in [1.82, 2.24) is 9.36 Å². The molecule has 2 aliphatic heterocycles. The minimum absolute atomic E-state index is 0.269. The molecule has 2 aromatic heterocycles. The molecule has 0 aromatic carbocycles. The highest BCUT2D eigenvalue weighted by Gasteiger charge is 2.32. The molecule has 4 nitrogen and oxygen atoms in total. The Balaban J connectivity index is 1.91. The quantitative estimate of drug-likeness (QED) is 0.727. The van der Waals surface area contributed by atoms with Crippen molar-refractivity contribution in [3.63, 3.8) is 0 Å². The van der Waals surface area contributed by atoms with Gasteiger partial charge in [0, 0.05) is 34.5 Å². The third-order valence-corrected chi connectivity index (χ3v) is 7.21. The number of hydrogen-bond donors (Lipinski definition) is 0. The molecule has 1 saturated heterocycles. The van der Waals surface area contributed by atoms with E-state index in [1.165, 1.54) is 28.0 Å². The maximum Gasteiger partial charge on any atom is 0.147 e. The van der Waals surface area contributed by atoms with Crippen LogP contribution in [0.5, 0.6) is 0 Å². The molecule has 0 radical (unpaired) electrons. The van der Waals surface area contributed by atoms with E-state index >= 15 is 0 Å². The molecule has 0 amide bonds. The number of rotatable bonds is 1. The van der Waals surface area contributed by atoms with Crippen molar-refractivity contribution in [3.05, 3.63) is 15.7 Å². The van der Waals surface area contributed by atoms with Gasteiger partial charge in [0.2, 0.25) is 0 Å². The first-order valence-corrected chi connectivity index (χ1v) is 10.0. The van der Waals surface area contributed by atoms with Crippen molar-refractivity contribution in [3.8, 4) is 0 Å². The normalized spacial score (nSPS) is 21.1. The van der Waals surface area contributed by atoms with Gasteiger partial charge in [-0.05, 0) is 39.4 Å². The topological polar surface area (TPSA) is 38.2 Å². The van der Waals surface area contributed by atoms with E-state index in [-0.39, 0.29) is 4.75 Å². The summed E-state index contributed by atoms with van der Waals surface area (Å²) in [5.74, 6) is 2.19. The van der Waals surface area contributed by atoms with Crippen molar-refractivity contribution >= 4 is 55.3 Å². The molecule has 0 atom stereocenters. The molecule has 0 aliphatic carbocycles. The summed E-state index contributed by atoms with van der Waals surface area (Å²) < 4.78 is 11.2. The fourth-order valence-electron chi connectivity index (χ4n) is 3.17. The second-order valence-electron chi connectivity index (χ2n) is 6.37. The van der Waals surface area contributed by atoms with Gasteiger partial charge in [0.15, 0.2) is 0 Å². The number of nitrogens with zero attached hydrogens (tertiary/aromatic N) is 3. The third-order valence-electron chi connectivity index (χ3n) is 4.30. The molecule has 0 unspecified atom stereocenters. The van der Waals surface area contributed by atoms with Crippen LogP contribution in [0.4, 0.5) is 5.82 Å². The largest absolute Gasteiger partial charge is 0.378 e. The van der Waals surface area contributed by atoms with Crippen LogP contribution in [0.3, 0.4) is 0 Å². The highest BCUT2D eigenvalue weighted by molar-refractivity contribution is 9.10. The van der Waals surface area contributed by atoms with Gasteiger partial charge in [-0.3, -0.25) is 0 Å². The highest BCUT2D eigenvalue weighted by Crippen LogP contribution is 2.45. The zero-order valence-corrected chi connectivity index (χ0v) is 15.9. The van der Waals surface area contributed by atoms with Gasteiger partial charge in [-0.15, -0.1) is 0 Å². The van der Waals surface area contributed by atoms with E-state index in [0.29, 0.717) is 0 Å². The predicted molar refractivity (Wildman–Crippen MR) is 97.2 cm³/mol. The second-order valence-corrected chi connectivity index (χ2v) is 9.56.